The molecule has 2 heterocycles. The highest BCUT2D eigenvalue weighted by molar-refractivity contribution is 7.09. The summed E-state index contributed by atoms with van der Waals surface area (Å²) in [4.78, 5) is 6.85. The summed E-state index contributed by atoms with van der Waals surface area (Å²) >= 11 is 7.42. The third kappa shape index (κ3) is 3.91. The number of alkyl halides is 1. The molecule has 1 aromatic heterocycles. The highest BCUT2D eigenvalue weighted by Gasteiger charge is 2.25. The molecule has 1 aliphatic heterocycles. The first-order chi connectivity index (χ1) is 8.09. The monoisotopic (exact) mass is 274 g/mol. The van der Waals surface area contributed by atoms with Gasteiger partial charge in [-0.3, -0.25) is 4.90 Å². The minimum atomic E-state index is -0.487. The standard InChI is InChI=1S/C12H19ClN2OS/c1-12(16)3-2-5-15(6-4-12)8-11-14-10(7-13)9-17-11/h9,16H,2-8H2,1H3. The molecule has 1 aliphatic rings. The zero-order chi connectivity index (χ0) is 12.3. The van der Waals surface area contributed by atoms with E-state index in [1.165, 1.54) is 0 Å². The number of rotatable bonds is 3. The van der Waals surface area contributed by atoms with E-state index in [0.29, 0.717) is 5.88 Å². The van der Waals surface area contributed by atoms with Crippen LogP contribution in [0.25, 0.3) is 0 Å². The third-order valence-electron chi connectivity index (χ3n) is 3.25. The van der Waals surface area contributed by atoms with Gasteiger partial charge in [-0.15, -0.1) is 22.9 Å². The normalized spacial score (nSPS) is 27.0. The largest absolute Gasteiger partial charge is 0.390 e. The fourth-order valence-electron chi connectivity index (χ4n) is 2.15. The maximum atomic E-state index is 10.0. The van der Waals surface area contributed by atoms with Crippen molar-refractivity contribution in [3.05, 3.63) is 16.1 Å². The smallest absolute Gasteiger partial charge is 0.107 e. The maximum Gasteiger partial charge on any atom is 0.107 e. The molecule has 0 radical (unpaired) electrons. The van der Waals surface area contributed by atoms with Crippen LogP contribution in [0.15, 0.2) is 5.38 Å². The van der Waals surface area contributed by atoms with E-state index in [2.05, 4.69) is 9.88 Å². The Hall–Kier alpha value is -0.160. The first-order valence-electron chi connectivity index (χ1n) is 6.03. The van der Waals surface area contributed by atoms with Gasteiger partial charge in [-0.2, -0.15) is 0 Å². The third-order valence-corrected chi connectivity index (χ3v) is 4.41. The number of hydrogen-bond donors (Lipinski definition) is 1. The molecule has 5 heteroatoms. The highest BCUT2D eigenvalue weighted by atomic mass is 35.5. The number of hydrogen-bond acceptors (Lipinski definition) is 4. The van der Waals surface area contributed by atoms with E-state index in [4.69, 9.17) is 11.6 Å². The molecule has 1 saturated heterocycles. The average Bonchev–Trinajstić information content (AvgIpc) is 2.66. The van der Waals surface area contributed by atoms with Gasteiger partial charge in [0, 0.05) is 11.9 Å². The van der Waals surface area contributed by atoms with E-state index in [1.807, 2.05) is 12.3 Å². The van der Waals surface area contributed by atoms with Gasteiger partial charge in [0.05, 0.1) is 23.7 Å². The predicted molar refractivity (Wildman–Crippen MR) is 71.4 cm³/mol. The second-order valence-corrected chi connectivity index (χ2v) is 6.20. The summed E-state index contributed by atoms with van der Waals surface area (Å²) < 4.78 is 0. The van der Waals surface area contributed by atoms with Crippen molar-refractivity contribution in [3.8, 4) is 0 Å². The first-order valence-corrected chi connectivity index (χ1v) is 7.44. The highest BCUT2D eigenvalue weighted by Crippen LogP contribution is 2.23. The van der Waals surface area contributed by atoms with Gasteiger partial charge in [-0.05, 0) is 32.7 Å². The Morgan fingerprint density at radius 2 is 2.35 bits per heavy atom. The Balaban J connectivity index is 1.90. The van der Waals surface area contributed by atoms with Gasteiger partial charge >= 0.3 is 0 Å². The minimum Gasteiger partial charge on any atom is -0.390 e. The molecule has 0 spiro atoms. The van der Waals surface area contributed by atoms with E-state index in [0.717, 1.165) is 49.6 Å². The molecule has 96 valence electrons. The molecule has 17 heavy (non-hydrogen) atoms. The van der Waals surface area contributed by atoms with Crippen molar-refractivity contribution in [1.29, 1.82) is 0 Å². The number of nitrogens with zero attached hydrogens (tertiary/aromatic N) is 2. The van der Waals surface area contributed by atoms with Crippen LogP contribution in [-0.4, -0.2) is 33.7 Å². The Morgan fingerprint density at radius 3 is 3.06 bits per heavy atom. The van der Waals surface area contributed by atoms with Crippen molar-refractivity contribution >= 4 is 22.9 Å². The summed E-state index contributed by atoms with van der Waals surface area (Å²) in [7, 11) is 0. The van der Waals surface area contributed by atoms with Crippen LogP contribution in [0, 0.1) is 0 Å². The predicted octanol–water partition coefficient (Wildman–Crippen LogP) is 2.62. The molecule has 0 saturated carbocycles. The van der Waals surface area contributed by atoms with Crippen LogP contribution in [0.3, 0.4) is 0 Å². The van der Waals surface area contributed by atoms with E-state index < -0.39 is 5.60 Å². The van der Waals surface area contributed by atoms with Crippen LogP contribution < -0.4 is 0 Å². The van der Waals surface area contributed by atoms with Gasteiger partial charge < -0.3 is 5.11 Å². The summed E-state index contributed by atoms with van der Waals surface area (Å²) in [6.45, 7) is 4.82. The van der Waals surface area contributed by atoms with Gasteiger partial charge in [0.15, 0.2) is 0 Å². The van der Waals surface area contributed by atoms with Crippen LogP contribution >= 0.6 is 22.9 Å². The molecule has 1 aromatic rings. The van der Waals surface area contributed by atoms with Crippen molar-refractivity contribution in [2.45, 2.75) is 44.2 Å². The summed E-state index contributed by atoms with van der Waals surface area (Å²) in [5, 5.41) is 13.2. The van der Waals surface area contributed by atoms with Crippen LogP contribution in [0.4, 0.5) is 0 Å². The lowest BCUT2D eigenvalue weighted by atomic mass is 9.98. The lowest BCUT2D eigenvalue weighted by Crippen LogP contribution is -2.28. The molecule has 0 amide bonds. The lowest BCUT2D eigenvalue weighted by molar-refractivity contribution is 0.0444. The van der Waals surface area contributed by atoms with Crippen molar-refractivity contribution in [1.82, 2.24) is 9.88 Å². The number of thiazole rings is 1. The Kier molecular flexibility index (Phi) is 4.42. The van der Waals surface area contributed by atoms with Crippen LogP contribution in [-0.2, 0) is 12.4 Å². The average molecular weight is 275 g/mol. The second kappa shape index (κ2) is 5.65. The summed E-state index contributed by atoms with van der Waals surface area (Å²) in [6.07, 6.45) is 2.80. The van der Waals surface area contributed by atoms with Crippen LogP contribution in [0.2, 0.25) is 0 Å². The van der Waals surface area contributed by atoms with Gasteiger partial charge in [-0.1, -0.05) is 0 Å². The van der Waals surface area contributed by atoms with Crippen LogP contribution in [0.1, 0.15) is 36.9 Å². The second-order valence-electron chi connectivity index (χ2n) is 4.99. The maximum absolute atomic E-state index is 10.0. The molecule has 1 fully saturated rings. The number of likely N-dealkylation sites (tertiary alicyclic amines) is 1. The minimum absolute atomic E-state index is 0.487. The fraction of sp³-hybridized carbons (Fsp3) is 0.750. The Bertz CT molecular complexity index is 367. The zero-order valence-electron chi connectivity index (χ0n) is 10.2. The SMILES string of the molecule is CC1(O)CCCN(Cc2nc(CCl)cs2)CC1. The number of aliphatic hydroxyl groups is 1. The van der Waals surface area contributed by atoms with Crippen molar-refractivity contribution in [3.63, 3.8) is 0 Å². The summed E-state index contributed by atoms with van der Waals surface area (Å²) in [5.41, 5.74) is 0.479. The molecule has 3 nitrogen and oxygen atoms in total. The molecule has 0 bridgehead atoms. The quantitative estimate of drug-likeness (QED) is 0.861. The Morgan fingerprint density at radius 1 is 1.53 bits per heavy atom. The molecule has 1 unspecified atom stereocenters. The van der Waals surface area contributed by atoms with Crippen molar-refractivity contribution < 1.29 is 5.11 Å². The van der Waals surface area contributed by atoms with Crippen LogP contribution in [0.5, 0.6) is 0 Å². The summed E-state index contributed by atoms with van der Waals surface area (Å²) in [6, 6.07) is 0. The van der Waals surface area contributed by atoms with E-state index in [9.17, 15) is 5.11 Å². The molecular weight excluding hydrogens is 256 g/mol. The lowest BCUT2D eigenvalue weighted by Gasteiger charge is -2.21. The van der Waals surface area contributed by atoms with Crippen molar-refractivity contribution in [2.24, 2.45) is 0 Å². The van der Waals surface area contributed by atoms with Gasteiger partial charge in [0.2, 0.25) is 0 Å². The van der Waals surface area contributed by atoms with Gasteiger partial charge in [0.25, 0.3) is 0 Å². The number of halogens is 1. The van der Waals surface area contributed by atoms with Gasteiger partial charge in [-0.25, -0.2) is 4.98 Å². The molecule has 2 rings (SSSR count). The zero-order valence-corrected chi connectivity index (χ0v) is 11.7. The topological polar surface area (TPSA) is 36.4 Å². The number of aromatic nitrogens is 1. The molecule has 1 N–H and O–H groups in total. The van der Waals surface area contributed by atoms with E-state index in [1.54, 1.807) is 11.3 Å². The first kappa shape index (κ1) is 13.3. The summed E-state index contributed by atoms with van der Waals surface area (Å²) in [5.74, 6) is 0.491. The molecular formula is C12H19ClN2OS. The molecule has 0 aromatic carbocycles. The molecule has 1 atom stereocenters. The van der Waals surface area contributed by atoms with E-state index in [-0.39, 0.29) is 0 Å². The Labute approximate surface area is 111 Å². The van der Waals surface area contributed by atoms with Crippen molar-refractivity contribution in [2.75, 3.05) is 13.1 Å². The fourth-order valence-corrected chi connectivity index (χ4v) is 3.22. The van der Waals surface area contributed by atoms with Gasteiger partial charge in [0.1, 0.15) is 5.01 Å². The molecule has 0 aliphatic carbocycles. The van der Waals surface area contributed by atoms with E-state index >= 15 is 0 Å².